The van der Waals surface area contributed by atoms with Crippen LogP contribution in [-0.2, 0) is 24.0 Å². The van der Waals surface area contributed by atoms with E-state index in [4.69, 9.17) is 11.5 Å². The first-order valence-electron chi connectivity index (χ1n) is 8.22. The molecule has 4 amide bonds. The van der Waals surface area contributed by atoms with Gasteiger partial charge in [-0.2, -0.15) is 12.6 Å². The Morgan fingerprint density at radius 3 is 2.07 bits per heavy atom. The molecule has 0 aliphatic rings. The van der Waals surface area contributed by atoms with Gasteiger partial charge in [-0.3, -0.25) is 19.2 Å². The van der Waals surface area contributed by atoms with E-state index in [0.29, 0.717) is 0 Å². The number of thiol groups is 1. The van der Waals surface area contributed by atoms with Gasteiger partial charge in [0, 0.05) is 5.75 Å². The molecule has 3 atom stereocenters. The zero-order chi connectivity index (χ0) is 21.1. The summed E-state index contributed by atoms with van der Waals surface area (Å²) < 4.78 is 0. The fourth-order valence-electron chi connectivity index (χ4n) is 2.00. The SMILES string of the molecule is CC(C)CC(NC(=O)C(CC(N)=O)NC(=O)CNC(=O)C(N)CS)C(=O)O. The topological polar surface area (TPSA) is 194 Å². The molecule has 3 unspecified atom stereocenters. The van der Waals surface area contributed by atoms with Crippen LogP contribution >= 0.6 is 12.6 Å². The van der Waals surface area contributed by atoms with Crippen molar-refractivity contribution < 1.29 is 29.1 Å². The van der Waals surface area contributed by atoms with Crippen molar-refractivity contribution in [3.63, 3.8) is 0 Å². The average molecular weight is 405 g/mol. The van der Waals surface area contributed by atoms with Gasteiger partial charge in [0.1, 0.15) is 12.1 Å². The van der Waals surface area contributed by atoms with Crippen LogP contribution in [0.3, 0.4) is 0 Å². The maximum Gasteiger partial charge on any atom is 0.326 e. The lowest BCUT2D eigenvalue weighted by Gasteiger charge is -2.21. The van der Waals surface area contributed by atoms with Crippen molar-refractivity contribution in [1.29, 1.82) is 0 Å². The van der Waals surface area contributed by atoms with Crippen LogP contribution in [0.2, 0.25) is 0 Å². The fraction of sp³-hybridized carbons (Fsp3) is 0.667. The monoisotopic (exact) mass is 405 g/mol. The van der Waals surface area contributed by atoms with E-state index in [0.717, 1.165) is 0 Å². The smallest absolute Gasteiger partial charge is 0.326 e. The van der Waals surface area contributed by atoms with Crippen molar-refractivity contribution in [2.24, 2.45) is 17.4 Å². The van der Waals surface area contributed by atoms with Gasteiger partial charge < -0.3 is 32.5 Å². The number of carboxylic acid groups (broad SMARTS) is 1. The first kappa shape index (κ1) is 24.7. The third-order valence-corrected chi connectivity index (χ3v) is 3.73. The van der Waals surface area contributed by atoms with Crippen LogP contribution in [0, 0.1) is 5.92 Å². The Labute approximate surface area is 162 Å². The normalized spacial score (nSPS) is 14.0. The van der Waals surface area contributed by atoms with Crippen LogP contribution in [0.15, 0.2) is 0 Å². The molecule has 12 heteroatoms. The van der Waals surface area contributed by atoms with Gasteiger partial charge in [0.2, 0.25) is 23.6 Å². The molecule has 0 aromatic rings. The molecule has 27 heavy (non-hydrogen) atoms. The van der Waals surface area contributed by atoms with E-state index in [2.05, 4.69) is 28.6 Å². The van der Waals surface area contributed by atoms with Crippen LogP contribution in [0.25, 0.3) is 0 Å². The number of carbonyl (C=O) groups is 5. The predicted octanol–water partition coefficient (Wildman–Crippen LogP) is -2.66. The van der Waals surface area contributed by atoms with Crippen LogP contribution in [0.4, 0.5) is 0 Å². The number of hydrogen-bond acceptors (Lipinski definition) is 7. The first-order chi connectivity index (χ1) is 12.5. The highest BCUT2D eigenvalue weighted by molar-refractivity contribution is 7.80. The van der Waals surface area contributed by atoms with Crippen molar-refractivity contribution in [1.82, 2.24) is 16.0 Å². The van der Waals surface area contributed by atoms with E-state index < -0.39 is 60.7 Å². The molecule has 11 nitrogen and oxygen atoms in total. The molecule has 8 N–H and O–H groups in total. The largest absolute Gasteiger partial charge is 0.480 e. The molecular weight excluding hydrogens is 378 g/mol. The lowest BCUT2D eigenvalue weighted by atomic mass is 10.0. The molecule has 0 rings (SSSR count). The molecule has 0 saturated heterocycles. The molecule has 0 fully saturated rings. The number of amides is 4. The summed E-state index contributed by atoms with van der Waals surface area (Å²) in [6.45, 7) is 3.07. The first-order valence-corrected chi connectivity index (χ1v) is 8.86. The molecule has 0 aromatic carbocycles. The molecule has 0 aliphatic carbocycles. The van der Waals surface area contributed by atoms with E-state index in [1.165, 1.54) is 0 Å². The number of rotatable bonds is 12. The van der Waals surface area contributed by atoms with Gasteiger partial charge >= 0.3 is 5.97 Å². The van der Waals surface area contributed by atoms with Crippen LogP contribution in [0.1, 0.15) is 26.7 Å². The summed E-state index contributed by atoms with van der Waals surface area (Å²) in [5, 5.41) is 15.9. The highest BCUT2D eigenvalue weighted by Gasteiger charge is 2.28. The van der Waals surface area contributed by atoms with Gasteiger partial charge in [0.05, 0.1) is 19.0 Å². The quantitative estimate of drug-likeness (QED) is 0.172. The number of nitrogens with two attached hydrogens (primary N) is 2. The Balaban J connectivity index is 4.92. The zero-order valence-electron chi connectivity index (χ0n) is 15.2. The number of primary amides is 1. The second-order valence-electron chi connectivity index (χ2n) is 6.33. The minimum atomic E-state index is -1.38. The van der Waals surface area contributed by atoms with Gasteiger partial charge in [0.25, 0.3) is 0 Å². The van der Waals surface area contributed by atoms with E-state index >= 15 is 0 Å². The Bertz CT molecular complexity index is 571. The van der Waals surface area contributed by atoms with Crippen LogP contribution in [0.5, 0.6) is 0 Å². The third kappa shape index (κ3) is 10.4. The maximum atomic E-state index is 12.3. The average Bonchev–Trinajstić information content (AvgIpc) is 2.56. The van der Waals surface area contributed by atoms with Crippen LogP contribution in [-0.4, -0.2) is 65.1 Å². The van der Waals surface area contributed by atoms with Crippen molar-refractivity contribution >= 4 is 42.2 Å². The summed E-state index contributed by atoms with van der Waals surface area (Å²) in [5.41, 5.74) is 10.5. The molecule has 0 radical (unpaired) electrons. The number of carbonyl (C=O) groups excluding carboxylic acids is 4. The molecule has 0 aliphatic heterocycles. The van der Waals surface area contributed by atoms with Gasteiger partial charge in [-0.25, -0.2) is 4.79 Å². The lowest BCUT2D eigenvalue weighted by Crippen LogP contribution is -2.55. The second kappa shape index (κ2) is 12.1. The molecule has 0 saturated carbocycles. The molecule has 0 heterocycles. The zero-order valence-corrected chi connectivity index (χ0v) is 16.1. The Hall–Kier alpha value is -2.34. The van der Waals surface area contributed by atoms with Crippen LogP contribution < -0.4 is 27.4 Å². The summed E-state index contributed by atoms with van der Waals surface area (Å²) in [6.07, 6.45) is -0.369. The Kier molecular flexibility index (Phi) is 11.1. The minimum absolute atomic E-state index is 0.0122. The summed E-state index contributed by atoms with van der Waals surface area (Å²) in [7, 11) is 0. The highest BCUT2D eigenvalue weighted by atomic mass is 32.1. The predicted molar refractivity (Wildman–Crippen MR) is 99.6 cm³/mol. The van der Waals surface area contributed by atoms with Crippen molar-refractivity contribution in [2.45, 2.75) is 44.8 Å². The van der Waals surface area contributed by atoms with E-state index in [1.807, 2.05) is 0 Å². The lowest BCUT2D eigenvalue weighted by molar-refractivity contribution is -0.142. The third-order valence-electron chi connectivity index (χ3n) is 3.34. The minimum Gasteiger partial charge on any atom is -0.480 e. The van der Waals surface area contributed by atoms with Gasteiger partial charge in [-0.15, -0.1) is 0 Å². The molecule has 0 bridgehead atoms. The van der Waals surface area contributed by atoms with Gasteiger partial charge in [0.15, 0.2) is 0 Å². The standard InChI is InChI=1S/C15H27N5O6S/c1-7(2)3-10(15(25)26)20-14(24)9(4-11(17)21)19-12(22)5-18-13(23)8(16)6-27/h7-10,27H,3-6,16H2,1-2H3,(H2,17,21)(H,18,23)(H,19,22)(H,20,24)(H,25,26). The van der Waals surface area contributed by atoms with E-state index in [1.54, 1.807) is 13.8 Å². The maximum absolute atomic E-state index is 12.3. The summed E-state index contributed by atoms with van der Waals surface area (Å²) in [4.78, 5) is 58.1. The van der Waals surface area contributed by atoms with E-state index in [-0.39, 0.29) is 18.1 Å². The summed E-state index contributed by atoms with van der Waals surface area (Å²) in [5.74, 6) is -4.30. The van der Waals surface area contributed by atoms with Gasteiger partial charge in [-0.1, -0.05) is 13.8 Å². The fourth-order valence-corrected chi connectivity index (χ4v) is 2.17. The number of aliphatic carboxylic acids is 1. The summed E-state index contributed by atoms with van der Waals surface area (Å²) >= 11 is 3.85. The van der Waals surface area contributed by atoms with Gasteiger partial charge in [-0.05, 0) is 12.3 Å². The Morgan fingerprint density at radius 2 is 1.63 bits per heavy atom. The molecular formula is C15H27N5O6S. The van der Waals surface area contributed by atoms with Crippen molar-refractivity contribution in [3.05, 3.63) is 0 Å². The summed E-state index contributed by atoms with van der Waals surface area (Å²) in [6, 6.07) is -3.46. The molecule has 0 spiro atoms. The molecule has 154 valence electrons. The van der Waals surface area contributed by atoms with E-state index in [9.17, 15) is 29.1 Å². The number of carboxylic acids is 1. The molecule has 0 aromatic heterocycles. The Morgan fingerprint density at radius 1 is 1.04 bits per heavy atom. The second-order valence-corrected chi connectivity index (χ2v) is 6.69. The van der Waals surface area contributed by atoms with Crippen molar-refractivity contribution in [3.8, 4) is 0 Å². The van der Waals surface area contributed by atoms with Crippen molar-refractivity contribution in [2.75, 3.05) is 12.3 Å². The highest BCUT2D eigenvalue weighted by Crippen LogP contribution is 2.06. The number of hydrogen-bond donors (Lipinski definition) is 7. The number of nitrogens with one attached hydrogen (secondary N) is 3.